The van der Waals surface area contributed by atoms with Crippen molar-refractivity contribution in [2.45, 2.75) is 52.5 Å². The van der Waals surface area contributed by atoms with Crippen molar-refractivity contribution in [2.24, 2.45) is 0 Å². The van der Waals surface area contributed by atoms with Gasteiger partial charge in [-0.15, -0.1) is 0 Å². The molecule has 0 spiro atoms. The predicted octanol–water partition coefficient (Wildman–Crippen LogP) is 2.50. The summed E-state index contributed by atoms with van der Waals surface area (Å²) in [6, 6.07) is 0. The van der Waals surface area contributed by atoms with Gasteiger partial charge in [0.2, 0.25) is 0 Å². The van der Waals surface area contributed by atoms with Crippen LogP contribution < -0.4 is 11.1 Å². The van der Waals surface area contributed by atoms with E-state index in [1.54, 1.807) is 7.11 Å². The number of nitrogens with one attached hydrogen (secondary N) is 1. The molecule has 0 aliphatic rings. The molecule has 1 aromatic rings. The van der Waals surface area contributed by atoms with Gasteiger partial charge >= 0.3 is 0 Å². The molecule has 0 unspecified atom stereocenters. The van der Waals surface area contributed by atoms with Gasteiger partial charge in [-0.25, -0.2) is 9.97 Å². The molecule has 1 rings (SSSR count). The summed E-state index contributed by atoms with van der Waals surface area (Å²) < 4.78 is 5.21. The number of nitrogens with two attached hydrogens (primary N) is 1. The number of hydrogen-bond acceptors (Lipinski definition) is 5. The first-order valence-corrected chi connectivity index (χ1v) is 6.48. The highest BCUT2D eigenvalue weighted by Gasteiger charge is 2.24. The minimum atomic E-state index is -0.213. The summed E-state index contributed by atoms with van der Waals surface area (Å²) in [6.45, 7) is 12.8. The maximum Gasteiger partial charge on any atom is 0.138 e. The lowest BCUT2D eigenvalue weighted by atomic mass is 9.95. The monoisotopic (exact) mass is 266 g/mol. The largest absolute Gasteiger partial charge is 0.383 e. The fourth-order valence-corrected chi connectivity index (χ4v) is 1.71. The number of ether oxygens (including phenoxy) is 1. The van der Waals surface area contributed by atoms with E-state index in [0.717, 1.165) is 17.2 Å². The molecule has 108 valence electrons. The quantitative estimate of drug-likeness (QED) is 0.876. The van der Waals surface area contributed by atoms with Crippen molar-refractivity contribution < 1.29 is 4.74 Å². The second-order valence-corrected chi connectivity index (χ2v) is 6.60. The van der Waals surface area contributed by atoms with Crippen LogP contribution in [-0.2, 0) is 10.2 Å². The Bertz CT molecular complexity index is 449. The SMILES string of the molecule is COCC(C)(C)Nc1nc(C(C)(C)C)nc(N)c1C. The van der Waals surface area contributed by atoms with Crippen LogP contribution in [0, 0.1) is 6.92 Å². The van der Waals surface area contributed by atoms with Gasteiger partial charge in [0, 0.05) is 18.1 Å². The normalized spacial score (nSPS) is 12.6. The number of anilines is 2. The molecule has 5 heteroatoms. The first-order valence-electron chi connectivity index (χ1n) is 6.48. The zero-order valence-corrected chi connectivity index (χ0v) is 13.1. The molecule has 0 saturated heterocycles. The lowest BCUT2D eigenvalue weighted by Gasteiger charge is -2.28. The summed E-state index contributed by atoms with van der Waals surface area (Å²) in [6.07, 6.45) is 0. The van der Waals surface area contributed by atoms with Gasteiger partial charge in [0.1, 0.15) is 17.5 Å². The summed E-state index contributed by atoms with van der Waals surface area (Å²) in [7, 11) is 1.69. The van der Waals surface area contributed by atoms with Crippen LogP contribution in [0.2, 0.25) is 0 Å². The van der Waals surface area contributed by atoms with E-state index in [4.69, 9.17) is 10.5 Å². The van der Waals surface area contributed by atoms with Crippen molar-refractivity contribution in [3.05, 3.63) is 11.4 Å². The number of aromatic nitrogens is 2. The number of methoxy groups -OCH3 is 1. The minimum Gasteiger partial charge on any atom is -0.383 e. The molecule has 0 bridgehead atoms. The number of hydrogen-bond donors (Lipinski definition) is 2. The first-order chi connectivity index (χ1) is 8.57. The number of nitrogen functional groups attached to an aromatic ring is 1. The summed E-state index contributed by atoms with van der Waals surface area (Å²) in [4.78, 5) is 8.99. The Hall–Kier alpha value is -1.36. The first kappa shape index (κ1) is 15.7. The number of nitrogens with zero attached hydrogens (tertiary/aromatic N) is 2. The molecule has 1 aromatic heterocycles. The van der Waals surface area contributed by atoms with Gasteiger partial charge in [-0.3, -0.25) is 0 Å². The molecule has 0 fully saturated rings. The average molecular weight is 266 g/mol. The molecule has 0 radical (unpaired) electrons. The van der Waals surface area contributed by atoms with E-state index in [1.807, 2.05) is 6.92 Å². The van der Waals surface area contributed by atoms with Crippen LogP contribution in [-0.4, -0.2) is 29.2 Å². The van der Waals surface area contributed by atoms with E-state index in [9.17, 15) is 0 Å². The topological polar surface area (TPSA) is 73.1 Å². The molecule has 19 heavy (non-hydrogen) atoms. The predicted molar refractivity (Wildman–Crippen MR) is 79.5 cm³/mol. The Balaban J connectivity index is 3.17. The van der Waals surface area contributed by atoms with Crippen LogP contribution in [0.1, 0.15) is 46.0 Å². The molecule has 3 N–H and O–H groups in total. The van der Waals surface area contributed by atoms with E-state index in [-0.39, 0.29) is 11.0 Å². The van der Waals surface area contributed by atoms with E-state index in [0.29, 0.717) is 12.4 Å². The second-order valence-electron chi connectivity index (χ2n) is 6.60. The maximum absolute atomic E-state index is 5.99. The molecule has 0 aromatic carbocycles. The van der Waals surface area contributed by atoms with Gasteiger partial charge < -0.3 is 15.8 Å². The third-order valence-corrected chi connectivity index (χ3v) is 2.82. The molecule has 1 heterocycles. The van der Waals surface area contributed by atoms with Gasteiger partial charge in [-0.1, -0.05) is 20.8 Å². The van der Waals surface area contributed by atoms with Crippen LogP contribution >= 0.6 is 0 Å². The Morgan fingerprint density at radius 3 is 2.21 bits per heavy atom. The highest BCUT2D eigenvalue weighted by molar-refractivity contribution is 5.56. The smallest absolute Gasteiger partial charge is 0.138 e. The van der Waals surface area contributed by atoms with Crippen molar-refractivity contribution in [3.63, 3.8) is 0 Å². The maximum atomic E-state index is 5.99. The highest BCUT2D eigenvalue weighted by atomic mass is 16.5. The van der Waals surface area contributed by atoms with Gasteiger partial charge in [0.05, 0.1) is 12.1 Å². The molecular weight excluding hydrogens is 240 g/mol. The van der Waals surface area contributed by atoms with Gasteiger partial charge in [-0.05, 0) is 20.8 Å². The van der Waals surface area contributed by atoms with Crippen molar-refractivity contribution in [1.82, 2.24) is 9.97 Å². The van der Waals surface area contributed by atoms with E-state index in [1.165, 1.54) is 0 Å². The lowest BCUT2D eigenvalue weighted by molar-refractivity contribution is 0.158. The highest BCUT2D eigenvalue weighted by Crippen LogP contribution is 2.26. The van der Waals surface area contributed by atoms with E-state index >= 15 is 0 Å². The Kier molecular flexibility index (Phi) is 4.40. The molecule has 5 nitrogen and oxygen atoms in total. The van der Waals surface area contributed by atoms with E-state index < -0.39 is 0 Å². The van der Waals surface area contributed by atoms with Crippen LogP contribution in [0.25, 0.3) is 0 Å². The zero-order valence-electron chi connectivity index (χ0n) is 13.1. The van der Waals surface area contributed by atoms with Gasteiger partial charge in [-0.2, -0.15) is 0 Å². The summed E-state index contributed by atoms with van der Waals surface area (Å²) in [5.74, 6) is 2.04. The van der Waals surface area contributed by atoms with Crippen molar-refractivity contribution in [1.29, 1.82) is 0 Å². The molecule has 0 aliphatic carbocycles. The van der Waals surface area contributed by atoms with E-state index in [2.05, 4.69) is 49.9 Å². The van der Waals surface area contributed by atoms with Crippen LogP contribution in [0.3, 0.4) is 0 Å². The Morgan fingerprint density at radius 1 is 1.16 bits per heavy atom. The number of rotatable bonds is 4. The minimum absolute atomic E-state index is 0.135. The Labute approximate surface area is 116 Å². The molecule has 0 atom stereocenters. The van der Waals surface area contributed by atoms with Crippen LogP contribution in [0.15, 0.2) is 0 Å². The summed E-state index contributed by atoms with van der Waals surface area (Å²) in [5, 5.41) is 3.38. The lowest BCUT2D eigenvalue weighted by Crippen LogP contribution is -2.37. The van der Waals surface area contributed by atoms with Crippen molar-refractivity contribution in [2.75, 3.05) is 24.8 Å². The fraction of sp³-hybridized carbons (Fsp3) is 0.714. The summed E-state index contributed by atoms with van der Waals surface area (Å²) in [5.41, 5.74) is 6.51. The van der Waals surface area contributed by atoms with Crippen LogP contribution in [0.5, 0.6) is 0 Å². The zero-order chi connectivity index (χ0) is 14.8. The molecule has 0 aliphatic heterocycles. The fourth-order valence-electron chi connectivity index (χ4n) is 1.71. The van der Waals surface area contributed by atoms with Crippen molar-refractivity contribution >= 4 is 11.6 Å². The Morgan fingerprint density at radius 2 is 1.74 bits per heavy atom. The summed E-state index contributed by atoms with van der Waals surface area (Å²) >= 11 is 0. The standard InChI is InChI=1S/C14H26N4O/c1-9-10(15)16-12(13(2,3)4)17-11(9)18-14(5,6)8-19-7/h8H2,1-7H3,(H3,15,16,17,18). The average Bonchev–Trinajstić information content (AvgIpc) is 2.22. The molecule has 0 saturated carbocycles. The second kappa shape index (κ2) is 5.33. The third kappa shape index (κ3) is 4.06. The van der Waals surface area contributed by atoms with Gasteiger partial charge in [0.15, 0.2) is 0 Å². The molecular formula is C14H26N4O. The van der Waals surface area contributed by atoms with Crippen molar-refractivity contribution in [3.8, 4) is 0 Å². The van der Waals surface area contributed by atoms with Gasteiger partial charge in [0.25, 0.3) is 0 Å². The van der Waals surface area contributed by atoms with Crippen LogP contribution in [0.4, 0.5) is 11.6 Å². The third-order valence-electron chi connectivity index (χ3n) is 2.82. The molecule has 0 amide bonds.